The lowest BCUT2D eigenvalue weighted by atomic mass is 10.0. The van der Waals surface area contributed by atoms with Crippen LogP contribution in [0.2, 0.25) is 0 Å². The number of aliphatic hydroxyl groups excluding tert-OH is 1. The van der Waals surface area contributed by atoms with Crippen molar-refractivity contribution in [2.45, 2.75) is 48.8 Å². The lowest BCUT2D eigenvalue weighted by molar-refractivity contribution is 0.0769. The summed E-state index contributed by atoms with van der Waals surface area (Å²) in [5.74, 6) is 0.0127. The van der Waals surface area contributed by atoms with Crippen LogP contribution in [0.15, 0.2) is 21.6 Å². The highest BCUT2D eigenvalue weighted by Gasteiger charge is 2.47. The molecular weight excluding hydrogens is 346 g/mol. The molecule has 0 amide bonds. The lowest BCUT2D eigenvalue weighted by Gasteiger charge is -2.36. The van der Waals surface area contributed by atoms with Crippen LogP contribution in [0.3, 0.4) is 0 Å². The zero-order valence-corrected chi connectivity index (χ0v) is 13.1. The Morgan fingerprint density at radius 1 is 1.35 bits per heavy atom. The van der Waals surface area contributed by atoms with E-state index in [9.17, 15) is 13.5 Å². The van der Waals surface area contributed by atoms with Crippen molar-refractivity contribution in [3.8, 4) is 0 Å². The number of sulfonamides is 1. The van der Waals surface area contributed by atoms with Crippen LogP contribution in [0, 0.1) is 0 Å². The van der Waals surface area contributed by atoms with Crippen LogP contribution in [0.5, 0.6) is 0 Å². The summed E-state index contributed by atoms with van der Waals surface area (Å²) in [6.07, 6.45) is 3.65. The van der Waals surface area contributed by atoms with Gasteiger partial charge in [-0.3, -0.25) is 0 Å². The Kier molecular flexibility index (Phi) is 3.52. The first-order valence-electron chi connectivity index (χ1n) is 6.52. The molecule has 2 aliphatic rings. The summed E-state index contributed by atoms with van der Waals surface area (Å²) >= 11 is 3.23. The van der Waals surface area contributed by atoms with Crippen LogP contribution in [0.4, 0.5) is 5.82 Å². The third kappa shape index (κ3) is 2.24. The van der Waals surface area contributed by atoms with E-state index in [1.165, 1.54) is 16.6 Å². The molecule has 2 saturated heterocycles. The average molecular weight is 362 g/mol. The normalized spacial score (nSPS) is 30.6. The highest BCUT2D eigenvalue weighted by molar-refractivity contribution is 9.10. The Hall–Kier alpha value is -0.700. The number of pyridine rings is 1. The van der Waals surface area contributed by atoms with Gasteiger partial charge in [-0.2, -0.15) is 4.31 Å². The van der Waals surface area contributed by atoms with Gasteiger partial charge >= 0.3 is 0 Å². The molecule has 3 rings (SSSR count). The molecule has 0 spiro atoms. The Labute approximate surface area is 126 Å². The SMILES string of the molecule is Nc1ncc(Br)cc1S(=O)(=O)N1C2CCC1CC(O)C2. The van der Waals surface area contributed by atoms with E-state index in [1.54, 1.807) is 0 Å². The fourth-order valence-corrected chi connectivity index (χ4v) is 5.72. The number of rotatable bonds is 2. The monoisotopic (exact) mass is 361 g/mol. The van der Waals surface area contributed by atoms with Crippen molar-refractivity contribution in [1.82, 2.24) is 9.29 Å². The maximum Gasteiger partial charge on any atom is 0.247 e. The molecule has 0 radical (unpaired) electrons. The van der Waals surface area contributed by atoms with Gasteiger partial charge in [0.05, 0.1) is 6.10 Å². The minimum atomic E-state index is -3.67. The number of nitrogen functional groups attached to an aromatic ring is 1. The predicted molar refractivity (Wildman–Crippen MR) is 77.4 cm³/mol. The molecule has 1 aromatic rings. The van der Waals surface area contributed by atoms with E-state index >= 15 is 0 Å². The van der Waals surface area contributed by atoms with Crippen molar-refractivity contribution >= 4 is 31.8 Å². The quantitative estimate of drug-likeness (QED) is 0.821. The van der Waals surface area contributed by atoms with Crippen molar-refractivity contribution in [3.63, 3.8) is 0 Å². The molecule has 2 unspecified atom stereocenters. The van der Waals surface area contributed by atoms with Gasteiger partial charge in [0.2, 0.25) is 10.0 Å². The van der Waals surface area contributed by atoms with Crippen molar-refractivity contribution in [1.29, 1.82) is 0 Å². The van der Waals surface area contributed by atoms with E-state index in [-0.39, 0.29) is 22.8 Å². The summed E-state index contributed by atoms with van der Waals surface area (Å²) in [6, 6.07) is 1.22. The van der Waals surface area contributed by atoms with E-state index in [2.05, 4.69) is 20.9 Å². The van der Waals surface area contributed by atoms with E-state index < -0.39 is 16.1 Å². The molecule has 8 heteroatoms. The number of fused-ring (bicyclic) bond motifs is 2. The van der Waals surface area contributed by atoms with E-state index in [1.807, 2.05) is 0 Å². The summed E-state index contributed by atoms with van der Waals surface area (Å²) < 4.78 is 27.8. The van der Waals surface area contributed by atoms with Gasteiger partial charge in [-0.1, -0.05) is 0 Å². The first-order chi connectivity index (χ1) is 9.39. The van der Waals surface area contributed by atoms with Crippen LogP contribution in [-0.2, 0) is 10.0 Å². The number of hydrogen-bond acceptors (Lipinski definition) is 5. The summed E-state index contributed by atoms with van der Waals surface area (Å²) in [7, 11) is -3.67. The molecule has 0 aromatic carbocycles. The minimum Gasteiger partial charge on any atom is -0.393 e. The molecular formula is C12H16BrN3O3S. The van der Waals surface area contributed by atoms with Crippen LogP contribution in [0.1, 0.15) is 25.7 Å². The largest absolute Gasteiger partial charge is 0.393 e. The minimum absolute atomic E-state index is 0.0127. The third-order valence-electron chi connectivity index (χ3n) is 4.05. The molecule has 6 nitrogen and oxygen atoms in total. The fourth-order valence-electron chi connectivity index (χ4n) is 3.25. The molecule has 1 aromatic heterocycles. The zero-order chi connectivity index (χ0) is 14.5. The molecule has 20 heavy (non-hydrogen) atoms. The second-order valence-electron chi connectivity index (χ2n) is 5.38. The Morgan fingerprint density at radius 2 is 1.95 bits per heavy atom. The standard InChI is InChI=1S/C12H16BrN3O3S/c13-7-3-11(12(14)15-6-7)20(18,19)16-8-1-2-9(16)5-10(17)4-8/h3,6,8-10,17H,1-2,4-5H2,(H2,14,15). The van der Waals surface area contributed by atoms with Gasteiger partial charge in [0.25, 0.3) is 0 Å². The molecule has 0 saturated carbocycles. The maximum absolute atomic E-state index is 12.8. The van der Waals surface area contributed by atoms with E-state index in [0.717, 1.165) is 12.8 Å². The topological polar surface area (TPSA) is 96.5 Å². The number of anilines is 1. The number of nitrogens with two attached hydrogens (primary N) is 1. The van der Waals surface area contributed by atoms with Gasteiger partial charge in [0.15, 0.2) is 0 Å². The number of hydrogen-bond donors (Lipinski definition) is 2. The van der Waals surface area contributed by atoms with Gasteiger partial charge in [0, 0.05) is 22.8 Å². The fraction of sp³-hybridized carbons (Fsp3) is 0.583. The number of halogens is 1. The molecule has 3 heterocycles. The first-order valence-corrected chi connectivity index (χ1v) is 8.75. The van der Waals surface area contributed by atoms with Crippen molar-refractivity contribution in [2.75, 3.05) is 5.73 Å². The van der Waals surface area contributed by atoms with Crippen LogP contribution in [-0.4, -0.2) is 41.0 Å². The highest BCUT2D eigenvalue weighted by Crippen LogP contribution is 2.40. The Morgan fingerprint density at radius 3 is 2.55 bits per heavy atom. The zero-order valence-electron chi connectivity index (χ0n) is 10.7. The summed E-state index contributed by atoms with van der Waals surface area (Å²) in [6.45, 7) is 0. The van der Waals surface area contributed by atoms with Crippen molar-refractivity contribution in [3.05, 3.63) is 16.7 Å². The van der Waals surface area contributed by atoms with Crippen molar-refractivity contribution < 1.29 is 13.5 Å². The summed E-state index contributed by atoms with van der Waals surface area (Å²) in [4.78, 5) is 3.94. The number of aliphatic hydroxyl groups is 1. The van der Waals surface area contributed by atoms with Crippen molar-refractivity contribution in [2.24, 2.45) is 0 Å². The smallest absolute Gasteiger partial charge is 0.247 e. The molecule has 110 valence electrons. The van der Waals surface area contributed by atoms with Crippen LogP contribution < -0.4 is 5.73 Å². The van der Waals surface area contributed by atoms with Gasteiger partial charge in [0.1, 0.15) is 10.7 Å². The molecule has 2 aliphatic heterocycles. The van der Waals surface area contributed by atoms with Gasteiger partial charge < -0.3 is 10.8 Å². The summed E-state index contributed by atoms with van der Waals surface area (Å²) in [5.41, 5.74) is 5.73. The number of piperidine rings is 1. The predicted octanol–water partition coefficient (Wildman–Crippen LogP) is 1.10. The molecule has 2 bridgehead atoms. The van der Waals surface area contributed by atoms with E-state index in [4.69, 9.17) is 5.73 Å². The van der Waals surface area contributed by atoms with E-state index in [0.29, 0.717) is 17.3 Å². The molecule has 0 aliphatic carbocycles. The Balaban J connectivity index is 2.03. The van der Waals surface area contributed by atoms with Crippen LogP contribution >= 0.6 is 15.9 Å². The second kappa shape index (κ2) is 4.94. The summed E-state index contributed by atoms with van der Waals surface area (Å²) in [5, 5.41) is 9.78. The van der Waals surface area contributed by atoms with Gasteiger partial charge in [-0.25, -0.2) is 13.4 Å². The number of aromatic nitrogens is 1. The lowest BCUT2D eigenvalue weighted by Crippen LogP contribution is -2.48. The molecule has 3 N–H and O–H groups in total. The number of nitrogens with zero attached hydrogens (tertiary/aromatic N) is 2. The van der Waals surface area contributed by atoms with Gasteiger partial charge in [-0.15, -0.1) is 0 Å². The van der Waals surface area contributed by atoms with Crippen LogP contribution in [0.25, 0.3) is 0 Å². The third-order valence-corrected chi connectivity index (χ3v) is 6.51. The maximum atomic E-state index is 12.8. The molecule has 2 fully saturated rings. The first kappa shape index (κ1) is 14.2. The second-order valence-corrected chi connectivity index (χ2v) is 8.11. The average Bonchev–Trinajstić information content (AvgIpc) is 2.66. The highest BCUT2D eigenvalue weighted by atomic mass is 79.9. The Bertz CT molecular complexity index is 623. The van der Waals surface area contributed by atoms with Gasteiger partial charge in [-0.05, 0) is 47.7 Å². The molecule has 2 atom stereocenters.